The van der Waals surface area contributed by atoms with Gasteiger partial charge in [-0.1, -0.05) is 30.3 Å². The lowest BCUT2D eigenvalue weighted by molar-refractivity contribution is 0.415. The fourth-order valence-corrected chi connectivity index (χ4v) is 3.15. The molecule has 0 radical (unpaired) electrons. The first-order valence-electron chi connectivity index (χ1n) is 8.36. The van der Waals surface area contributed by atoms with Crippen LogP contribution in [-0.2, 0) is 6.42 Å². The predicted molar refractivity (Wildman–Crippen MR) is 125 cm³/mol. The smallest absolute Gasteiger partial charge is 0.193 e. The van der Waals surface area contributed by atoms with Gasteiger partial charge in [-0.3, -0.25) is 4.99 Å². The van der Waals surface area contributed by atoms with Gasteiger partial charge in [0.1, 0.15) is 5.75 Å². The number of nitrogens with two attached hydrogens (primary N) is 1. The first-order valence-corrected chi connectivity index (χ1v) is 9.24. The van der Waals surface area contributed by atoms with E-state index in [1.807, 2.05) is 31.2 Å². The molecule has 0 aliphatic rings. The van der Waals surface area contributed by atoms with Gasteiger partial charge < -0.3 is 15.8 Å². The van der Waals surface area contributed by atoms with Gasteiger partial charge in [-0.2, -0.15) is 0 Å². The molecule has 142 valence electrons. The molecule has 1 aromatic heterocycles. The van der Waals surface area contributed by atoms with E-state index in [-0.39, 0.29) is 24.0 Å². The van der Waals surface area contributed by atoms with E-state index in [9.17, 15) is 0 Å². The Labute approximate surface area is 180 Å². The number of aryl methyl sites for hydroxylation is 1. The van der Waals surface area contributed by atoms with Crippen LogP contribution in [0.15, 0.2) is 58.9 Å². The third-order valence-corrected chi connectivity index (χ3v) is 4.67. The number of nitrogens with zero attached hydrogens (tertiary/aromatic N) is 2. The van der Waals surface area contributed by atoms with Crippen molar-refractivity contribution in [1.82, 2.24) is 4.98 Å². The third kappa shape index (κ3) is 6.21. The van der Waals surface area contributed by atoms with Crippen LogP contribution >= 0.6 is 35.3 Å². The number of aromatic nitrogens is 1. The molecule has 2 aromatic carbocycles. The van der Waals surface area contributed by atoms with E-state index in [0.717, 1.165) is 34.1 Å². The fraction of sp³-hybridized carbons (Fsp3) is 0.200. The van der Waals surface area contributed by atoms with Gasteiger partial charge in [0.2, 0.25) is 0 Å². The molecule has 0 amide bonds. The van der Waals surface area contributed by atoms with E-state index >= 15 is 0 Å². The van der Waals surface area contributed by atoms with Crippen molar-refractivity contribution in [2.75, 3.05) is 19.0 Å². The average Bonchev–Trinajstić information content (AvgIpc) is 3.09. The van der Waals surface area contributed by atoms with E-state index in [1.54, 1.807) is 18.4 Å². The summed E-state index contributed by atoms with van der Waals surface area (Å²) in [5, 5.41) is 6.24. The number of hydrogen-bond acceptors (Lipinski definition) is 4. The quantitative estimate of drug-likeness (QED) is 0.296. The SMILES string of the molecule is COc1cccc(NC(N)=NCCc2ccc(-c3csc(C)n3)cc2)c1.I. The lowest BCUT2D eigenvalue weighted by Crippen LogP contribution is -2.23. The van der Waals surface area contributed by atoms with Crippen molar-refractivity contribution in [3.05, 3.63) is 64.5 Å². The van der Waals surface area contributed by atoms with Gasteiger partial charge in [-0.15, -0.1) is 35.3 Å². The van der Waals surface area contributed by atoms with Crippen LogP contribution in [0.25, 0.3) is 11.3 Å². The van der Waals surface area contributed by atoms with E-state index in [0.29, 0.717) is 12.5 Å². The summed E-state index contributed by atoms with van der Waals surface area (Å²) >= 11 is 1.67. The second-order valence-corrected chi connectivity index (χ2v) is 6.88. The largest absolute Gasteiger partial charge is 0.497 e. The number of thiazole rings is 1. The molecule has 27 heavy (non-hydrogen) atoms. The monoisotopic (exact) mass is 494 g/mol. The molecule has 0 unspecified atom stereocenters. The number of hydrogen-bond donors (Lipinski definition) is 2. The number of rotatable bonds is 6. The van der Waals surface area contributed by atoms with Crippen molar-refractivity contribution in [3.8, 4) is 17.0 Å². The zero-order chi connectivity index (χ0) is 18.4. The summed E-state index contributed by atoms with van der Waals surface area (Å²) in [4.78, 5) is 8.90. The van der Waals surface area contributed by atoms with Gasteiger partial charge in [0.15, 0.2) is 5.96 Å². The summed E-state index contributed by atoms with van der Waals surface area (Å²) in [5.74, 6) is 1.17. The molecule has 0 aliphatic carbocycles. The molecular formula is C20H23IN4OS. The van der Waals surface area contributed by atoms with Crippen molar-refractivity contribution < 1.29 is 4.74 Å². The standard InChI is InChI=1S/C20H22N4OS.HI/c1-14-23-19(13-26-14)16-8-6-15(7-9-16)10-11-22-20(21)24-17-4-3-5-18(12-17)25-2;/h3-9,12-13H,10-11H2,1-2H3,(H3,21,22,24);1H. The maximum atomic E-state index is 5.95. The number of nitrogens with one attached hydrogen (secondary N) is 1. The second-order valence-electron chi connectivity index (χ2n) is 5.82. The van der Waals surface area contributed by atoms with E-state index < -0.39 is 0 Å². The van der Waals surface area contributed by atoms with Crippen molar-refractivity contribution in [2.24, 2.45) is 10.7 Å². The Morgan fingerprint density at radius 1 is 1.22 bits per heavy atom. The summed E-state index contributed by atoms with van der Waals surface area (Å²) in [5.41, 5.74) is 10.2. The van der Waals surface area contributed by atoms with Crippen LogP contribution in [0.2, 0.25) is 0 Å². The maximum Gasteiger partial charge on any atom is 0.193 e. The minimum atomic E-state index is 0. The number of benzene rings is 2. The molecule has 0 saturated carbocycles. The molecule has 0 bridgehead atoms. The summed E-state index contributed by atoms with van der Waals surface area (Å²) < 4.78 is 5.19. The molecule has 0 fully saturated rings. The van der Waals surface area contributed by atoms with Crippen LogP contribution in [0.5, 0.6) is 5.75 Å². The number of halogens is 1. The third-order valence-electron chi connectivity index (χ3n) is 3.89. The van der Waals surface area contributed by atoms with Gasteiger partial charge in [0, 0.05) is 29.2 Å². The van der Waals surface area contributed by atoms with Crippen LogP contribution in [-0.4, -0.2) is 24.6 Å². The minimum Gasteiger partial charge on any atom is -0.497 e. The lowest BCUT2D eigenvalue weighted by atomic mass is 10.1. The number of anilines is 1. The maximum absolute atomic E-state index is 5.95. The van der Waals surface area contributed by atoms with Crippen LogP contribution in [0, 0.1) is 6.92 Å². The van der Waals surface area contributed by atoms with Gasteiger partial charge >= 0.3 is 0 Å². The molecule has 3 N–H and O–H groups in total. The summed E-state index contributed by atoms with van der Waals surface area (Å²) in [6.45, 7) is 2.64. The molecular weight excluding hydrogens is 471 g/mol. The van der Waals surface area contributed by atoms with Gasteiger partial charge in [0.05, 0.1) is 17.8 Å². The topological polar surface area (TPSA) is 72.5 Å². The van der Waals surface area contributed by atoms with Crippen molar-refractivity contribution in [3.63, 3.8) is 0 Å². The Hall–Kier alpha value is -2.13. The Morgan fingerprint density at radius 3 is 2.67 bits per heavy atom. The zero-order valence-corrected chi connectivity index (χ0v) is 18.5. The van der Waals surface area contributed by atoms with E-state index in [1.165, 1.54) is 5.56 Å². The first-order chi connectivity index (χ1) is 12.6. The fourth-order valence-electron chi connectivity index (χ4n) is 2.53. The van der Waals surface area contributed by atoms with Crippen LogP contribution in [0.1, 0.15) is 10.6 Å². The van der Waals surface area contributed by atoms with Crippen LogP contribution in [0.4, 0.5) is 5.69 Å². The molecule has 1 heterocycles. The molecule has 0 aliphatic heterocycles. The Balaban J connectivity index is 0.00000261. The van der Waals surface area contributed by atoms with E-state index in [4.69, 9.17) is 10.5 Å². The second kappa shape index (κ2) is 10.3. The predicted octanol–water partition coefficient (Wildman–Crippen LogP) is 4.71. The van der Waals surface area contributed by atoms with Crippen molar-refractivity contribution in [1.29, 1.82) is 0 Å². The average molecular weight is 494 g/mol. The number of ether oxygens (including phenoxy) is 1. The molecule has 7 heteroatoms. The number of aliphatic imine (C=N–C) groups is 1. The molecule has 3 aromatic rings. The minimum absolute atomic E-state index is 0. The molecule has 3 rings (SSSR count). The highest BCUT2D eigenvalue weighted by Crippen LogP contribution is 2.22. The van der Waals surface area contributed by atoms with Gasteiger partial charge in [0.25, 0.3) is 0 Å². The van der Waals surface area contributed by atoms with Crippen LogP contribution in [0.3, 0.4) is 0 Å². The highest BCUT2D eigenvalue weighted by Gasteiger charge is 2.02. The molecule has 0 atom stereocenters. The molecule has 0 saturated heterocycles. The van der Waals surface area contributed by atoms with Gasteiger partial charge in [-0.05, 0) is 31.0 Å². The zero-order valence-electron chi connectivity index (χ0n) is 15.3. The Kier molecular flexibility index (Phi) is 8.05. The lowest BCUT2D eigenvalue weighted by Gasteiger charge is -2.07. The molecule has 0 spiro atoms. The highest BCUT2D eigenvalue weighted by molar-refractivity contribution is 14.0. The normalized spacial score (nSPS) is 11.0. The Bertz CT molecular complexity index is 893. The van der Waals surface area contributed by atoms with Gasteiger partial charge in [-0.25, -0.2) is 4.98 Å². The van der Waals surface area contributed by atoms with Crippen LogP contribution < -0.4 is 15.8 Å². The first kappa shape index (κ1) is 21.2. The summed E-state index contributed by atoms with van der Waals surface area (Å²) in [6.07, 6.45) is 0.830. The summed E-state index contributed by atoms with van der Waals surface area (Å²) in [6, 6.07) is 16.0. The number of methoxy groups -OCH3 is 1. The molecule has 5 nitrogen and oxygen atoms in total. The summed E-state index contributed by atoms with van der Waals surface area (Å²) in [7, 11) is 1.64. The van der Waals surface area contributed by atoms with Crippen molar-refractivity contribution >= 4 is 47.0 Å². The van der Waals surface area contributed by atoms with Crippen molar-refractivity contribution in [2.45, 2.75) is 13.3 Å². The Morgan fingerprint density at radius 2 is 2.00 bits per heavy atom. The highest BCUT2D eigenvalue weighted by atomic mass is 127. The number of guanidine groups is 1. The van der Waals surface area contributed by atoms with E-state index in [2.05, 4.69) is 44.9 Å².